The minimum absolute atomic E-state index is 0.171. The maximum Gasteiger partial charge on any atom is 0.253 e. The Hall–Kier alpha value is -4.66. The summed E-state index contributed by atoms with van der Waals surface area (Å²) in [7, 11) is 1.64. The number of aryl methyl sites for hydroxylation is 2. The van der Waals surface area contributed by atoms with Crippen LogP contribution in [0.15, 0.2) is 67.4 Å². The molecule has 0 saturated carbocycles. The van der Waals surface area contributed by atoms with Crippen LogP contribution in [-0.2, 0) is 0 Å². The second-order valence-electron chi connectivity index (χ2n) is 9.34. The number of benzene rings is 1. The fraction of sp³-hybridized carbons (Fsp3) is 0.241. The van der Waals surface area contributed by atoms with Crippen molar-refractivity contribution in [1.29, 1.82) is 0 Å². The van der Waals surface area contributed by atoms with Crippen molar-refractivity contribution < 1.29 is 4.79 Å². The largest absolute Gasteiger partial charge is 0.370 e. The van der Waals surface area contributed by atoms with Gasteiger partial charge < -0.3 is 10.6 Å². The Morgan fingerprint density at radius 2 is 1.87 bits per heavy atom. The minimum Gasteiger partial charge on any atom is -0.370 e. The third kappa shape index (κ3) is 5.08. The Labute approximate surface area is 221 Å². The highest BCUT2D eigenvalue weighted by Crippen LogP contribution is 2.31. The Kier molecular flexibility index (Phi) is 7.08. The van der Waals surface area contributed by atoms with Gasteiger partial charge in [-0.1, -0.05) is 25.1 Å². The average molecular weight is 507 g/mol. The van der Waals surface area contributed by atoms with Crippen LogP contribution in [0.1, 0.15) is 46.6 Å². The molecule has 4 aromatic heterocycles. The molecule has 9 nitrogen and oxygen atoms in total. The van der Waals surface area contributed by atoms with E-state index in [9.17, 15) is 4.79 Å². The summed E-state index contributed by atoms with van der Waals surface area (Å²) >= 11 is 0. The van der Waals surface area contributed by atoms with Crippen molar-refractivity contribution in [1.82, 2.24) is 35.0 Å². The summed E-state index contributed by atoms with van der Waals surface area (Å²) < 4.78 is 1.70. The molecule has 0 aliphatic carbocycles. The van der Waals surface area contributed by atoms with Crippen molar-refractivity contribution in [2.45, 2.75) is 33.1 Å². The summed E-state index contributed by atoms with van der Waals surface area (Å²) in [4.78, 5) is 30.9. The molecule has 0 radical (unpaired) electrons. The third-order valence-electron chi connectivity index (χ3n) is 6.62. The first-order valence-electron chi connectivity index (χ1n) is 12.6. The van der Waals surface area contributed by atoms with Crippen LogP contribution >= 0.6 is 0 Å². The zero-order valence-electron chi connectivity index (χ0n) is 21.9. The lowest BCUT2D eigenvalue weighted by Gasteiger charge is -2.17. The van der Waals surface area contributed by atoms with Crippen LogP contribution in [-0.4, -0.2) is 49.2 Å². The molecule has 0 spiro atoms. The third-order valence-corrected chi connectivity index (χ3v) is 6.62. The summed E-state index contributed by atoms with van der Waals surface area (Å²) in [5, 5.41) is 11.5. The number of hydrogen-bond donors (Lipinski definition) is 2. The standard InChI is InChI=1S/C29H30N8O/c1-18(10-12-31-26-14-24(34-17-35-26)21-9-8-19(2)32-15-21)22-6-5-7-23-27(29(38)30-4)25(16-33-28(22)23)37-13-11-20(3)36-37/h5-9,11,13-18H,10,12H2,1-4H3,(H,30,38)(H,31,34,35). The number of para-hydroxylation sites is 1. The molecule has 0 fully saturated rings. The molecule has 1 aromatic carbocycles. The number of aromatic nitrogens is 6. The number of hydrogen-bond acceptors (Lipinski definition) is 7. The number of pyridine rings is 2. The molecule has 9 heteroatoms. The number of fused-ring (bicyclic) bond motifs is 1. The van der Waals surface area contributed by atoms with Crippen LogP contribution in [0.3, 0.4) is 0 Å². The van der Waals surface area contributed by atoms with E-state index in [1.54, 1.807) is 24.3 Å². The predicted octanol–water partition coefficient (Wildman–Crippen LogP) is 4.85. The van der Waals surface area contributed by atoms with E-state index in [1.165, 1.54) is 0 Å². The molecule has 5 rings (SSSR count). The molecule has 38 heavy (non-hydrogen) atoms. The van der Waals surface area contributed by atoms with Crippen LogP contribution in [0.4, 0.5) is 5.82 Å². The van der Waals surface area contributed by atoms with Crippen LogP contribution in [0.5, 0.6) is 0 Å². The molecule has 192 valence electrons. The lowest BCUT2D eigenvalue weighted by Crippen LogP contribution is -2.21. The molecule has 4 heterocycles. The highest BCUT2D eigenvalue weighted by atomic mass is 16.1. The van der Waals surface area contributed by atoms with E-state index in [4.69, 9.17) is 4.98 Å². The van der Waals surface area contributed by atoms with E-state index in [0.717, 1.165) is 51.4 Å². The van der Waals surface area contributed by atoms with Gasteiger partial charge in [0.2, 0.25) is 0 Å². The van der Waals surface area contributed by atoms with Gasteiger partial charge in [-0.2, -0.15) is 5.10 Å². The van der Waals surface area contributed by atoms with Crippen LogP contribution in [0.2, 0.25) is 0 Å². The van der Waals surface area contributed by atoms with Gasteiger partial charge in [-0.3, -0.25) is 14.8 Å². The van der Waals surface area contributed by atoms with E-state index in [-0.39, 0.29) is 11.8 Å². The van der Waals surface area contributed by atoms with Crippen molar-refractivity contribution in [2.75, 3.05) is 18.9 Å². The highest BCUT2D eigenvalue weighted by Gasteiger charge is 2.20. The summed E-state index contributed by atoms with van der Waals surface area (Å²) in [6, 6.07) is 13.8. The second kappa shape index (κ2) is 10.8. The van der Waals surface area contributed by atoms with E-state index in [1.807, 2.05) is 62.6 Å². The molecule has 1 atom stereocenters. The van der Waals surface area contributed by atoms with Crippen LogP contribution in [0.25, 0.3) is 27.8 Å². The van der Waals surface area contributed by atoms with E-state index < -0.39 is 0 Å². The molecule has 0 bridgehead atoms. The lowest BCUT2D eigenvalue weighted by atomic mass is 9.93. The Morgan fingerprint density at radius 3 is 2.61 bits per heavy atom. The van der Waals surface area contributed by atoms with Gasteiger partial charge in [0.1, 0.15) is 12.1 Å². The van der Waals surface area contributed by atoms with Gasteiger partial charge in [-0.05, 0) is 49.9 Å². The van der Waals surface area contributed by atoms with Gasteiger partial charge in [0.15, 0.2) is 0 Å². The average Bonchev–Trinajstić information content (AvgIpc) is 3.38. The van der Waals surface area contributed by atoms with Gasteiger partial charge in [-0.25, -0.2) is 14.6 Å². The number of nitrogens with zero attached hydrogens (tertiary/aromatic N) is 6. The molecule has 5 aromatic rings. The fourth-order valence-electron chi connectivity index (χ4n) is 4.52. The van der Waals surface area contributed by atoms with Gasteiger partial charge >= 0.3 is 0 Å². The van der Waals surface area contributed by atoms with Crippen molar-refractivity contribution in [3.05, 3.63) is 89.9 Å². The van der Waals surface area contributed by atoms with Crippen LogP contribution < -0.4 is 10.6 Å². The molecule has 0 saturated heterocycles. The number of carbonyl (C=O) groups excluding carboxylic acids is 1. The number of amides is 1. The number of anilines is 1. The lowest BCUT2D eigenvalue weighted by molar-refractivity contribution is 0.0964. The topological polar surface area (TPSA) is 111 Å². The fourth-order valence-corrected chi connectivity index (χ4v) is 4.52. The summed E-state index contributed by atoms with van der Waals surface area (Å²) in [5.41, 5.74) is 6.74. The second-order valence-corrected chi connectivity index (χ2v) is 9.34. The summed E-state index contributed by atoms with van der Waals surface area (Å²) in [6.07, 6.45) is 7.81. The van der Waals surface area contributed by atoms with E-state index in [2.05, 4.69) is 43.7 Å². The maximum absolute atomic E-state index is 13.0. The quantitative estimate of drug-likeness (QED) is 0.309. The van der Waals surface area contributed by atoms with Crippen molar-refractivity contribution in [3.63, 3.8) is 0 Å². The molecule has 1 amide bonds. The van der Waals surface area contributed by atoms with Gasteiger partial charge in [0, 0.05) is 48.7 Å². The molecule has 1 unspecified atom stereocenters. The van der Waals surface area contributed by atoms with Crippen LogP contribution in [0, 0.1) is 13.8 Å². The van der Waals surface area contributed by atoms with E-state index >= 15 is 0 Å². The SMILES string of the molecule is CNC(=O)c1c(-n2ccc(C)n2)cnc2c(C(C)CCNc3cc(-c4ccc(C)nc4)ncn3)cccc12. The van der Waals surface area contributed by atoms with Crippen molar-refractivity contribution in [2.24, 2.45) is 0 Å². The first-order valence-corrected chi connectivity index (χ1v) is 12.6. The first-order chi connectivity index (χ1) is 18.4. The molecule has 0 aliphatic heterocycles. The zero-order valence-corrected chi connectivity index (χ0v) is 21.9. The van der Waals surface area contributed by atoms with Crippen molar-refractivity contribution >= 4 is 22.6 Å². The molecule has 0 aliphatic rings. The van der Waals surface area contributed by atoms with Crippen molar-refractivity contribution in [3.8, 4) is 16.9 Å². The highest BCUT2D eigenvalue weighted by molar-refractivity contribution is 6.09. The number of nitrogens with one attached hydrogen (secondary N) is 2. The summed E-state index contributed by atoms with van der Waals surface area (Å²) in [6.45, 7) is 6.77. The molecule has 2 N–H and O–H groups in total. The Morgan fingerprint density at radius 1 is 1.00 bits per heavy atom. The molecular formula is C29H30N8O. The Balaban J connectivity index is 1.37. The normalized spacial score (nSPS) is 11.9. The Bertz CT molecular complexity index is 1590. The predicted molar refractivity (Wildman–Crippen MR) is 149 cm³/mol. The van der Waals surface area contributed by atoms with Gasteiger partial charge in [0.05, 0.1) is 34.4 Å². The smallest absolute Gasteiger partial charge is 0.253 e. The van der Waals surface area contributed by atoms with Gasteiger partial charge in [0.25, 0.3) is 5.91 Å². The number of rotatable bonds is 8. The zero-order chi connectivity index (χ0) is 26.6. The minimum atomic E-state index is -0.171. The number of carbonyl (C=O) groups is 1. The monoisotopic (exact) mass is 506 g/mol. The van der Waals surface area contributed by atoms with Gasteiger partial charge in [-0.15, -0.1) is 0 Å². The molecular weight excluding hydrogens is 476 g/mol. The first kappa shape index (κ1) is 25.0. The van der Waals surface area contributed by atoms with E-state index in [0.29, 0.717) is 17.8 Å². The maximum atomic E-state index is 13.0. The summed E-state index contributed by atoms with van der Waals surface area (Å²) in [5.74, 6) is 0.784.